The lowest BCUT2D eigenvalue weighted by Crippen LogP contribution is -2.33. The van der Waals surface area contributed by atoms with E-state index in [4.69, 9.17) is 0 Å². The average Bonchev–Trinajstić information content (AvgIpc) is 2.47. The number of nitrogens with zero attached hydrogens (tertiary/aromatic N) is 1. The molecular weight excluding hydrogens is 250 g/mol. The molecule has 1 aliphatic rings. The van der Waals surface area contributed by atoms with Crippen LogP contribution in [-0.4, -0.2) is 23.1 Å². The number of benzene rings is 1. The second-order valence-electron chi connectivity index (χ2n) is 5.20. The van der Waals surface area contributed by atoms with E-state index >= 15 is 0 Å². The van der Waals surface area contributed by atoms with E-state index < -0.39 is 0 Å². The maximum absolute atomic E-state index is 12.5. The van der Waals surface area contributed by atoms with Crippen LogP contribution >= 0.6 is 0 Å². The maximum atomic E-state index is 12.5. The molecule has 2 rings (SSSR count). The number of allylic oxidation sites excluding steroid dienone is 1. The van der Waals surface area contributed by atoms with Crippen molar-refractivity contribution in [3.8, 4) is 0 Å². The molecule has 1 aromatic rings. The van der Waals surface area contributed by atoms with Gasteiger partial charge in [0.2, 0.25) is 5.91 Å². The summed E-state index contributed by atoms with van der Waals surface area (Å²) in [5.41, 5.74) is 1.79. The lowest BCUT2D eigenvalue weighted by atomic mass is 9.97. The molecule has 1 aromatic carbocycles. The zero-order chi connectivity index (χ0) is 14.4. The molecule has 0 radical (unpaired) electrons. The van der Waals surface area contributed by atoms with Gasteiger partial charge in [-0.1, -0.05) is 37.3 Å². The molecule has 3 heteroatoms. The van der Waals surface area contributed by atoms with Gasteiger partial charge in [0.25, 0.3) is 0 Å². The van der Waals surface area contributed by atoms with E-state index in [0.29, 0.717) is 18.5 Å². The van der Waals surface area contributed by atoms with E-state index in [1.54, 1.807) is 6.08 Å². The van der Waals surface area contributed by atoms with Gasteiger partial charge in [0.1, 0.15) is 0 Å². The van der Waals surface area contributed by atoms with Gasteiger partial charge < -0.3 is 4.90 Å². The summed E-state index contributed by atoms with van der Waals surface area (Å²) in [6.07, 6.45) is 4.55. The fraction of sp³-hybridized carbons (Fsp3) is 0.412. The molecule has 20 heavy (non-hydrogen) atoms. The first-order valence-electron chi connectivity index (χ1n) is 7.27. The van der Waals surface area contributed by atoms with Crippen LogP contribution in [0.5, 0.6) is 0 Å². The first-order chi connectivity index (χ1) is 9.70. The minimum absolute atomic E-state index is 0.0174. The van der Waals surface area contributed by atoms with Gasteiger partial charge in [-0.3, -0.25) is 9.59 Å². The predicted molar refractivity (Wildman–Crippen MR) is 79.1 cm³/mol. The van der Waals surface area contributed by atoms with E-state index in [9.17, 15) is 9.59 Å². The highest BCUT2D eigenvalue weighted by Gasteiger charge is 2.21. The van der Waals surface area contributed by atoms with Crippen LogP contribution in [-0.2, 0) is 16.1 Å². The van der Waals surface area contributed by atoms with Gasteiger partial charge in [-0.05, 0) is 30.9 Å². The molecule has 106 valence electrons. The highest BCUT2D eigenvalue weighted by atomic mass is 16.2. The van der Waals surface area contributed by atoms with E-state index in [2.05, 4.69) is 6.92 Å². The molecule has 1 amide bonds. The van der Waals surface area contributed by atoms with Crippen molar-refractivity contribution < 1.29 is 9.59 Å². The van der Waals surface area contributed by atoms with Gasteiger partial charge in [0.05, 0.1) is 0 Å². The predicted octanol–water partition coefficient (Wildman–Crippen LogP) is 3.10. The molecule has 0 heterocycles. The van der Waals surface area contributed by atoms with Crippen molar-refractivity contribution >= 4 is 11.7 Å². The lowest BCUT2D eigenvalue weighted by molar-refractivity contribution is -0.128. The average molecular weight is 271 g/mol. The molecule has 0 N–H and O–H groups in total. The van der Waals surface area contributed by atoms with Crippen molar-refractivity contribution in [3.05, 3.63) is 47.5 Å². The molecular formula is C17H21NO2. The third kappa shape index (κ3) is 3.80. The quantitative estimate of drug-likeness (QED) is 0.825. The van der Waals surface area contributed by atoms with Crippen molar-refractivity contribution in [1.29, 1.82) is 0 Å². The lowest BCUT2D eigenvalue weighted by Gasteiger charge is -2.24. The summed E-state index contributed by atoms with van der Waals surface area (Å²) in [6, 6.07) is 9.98. The molecule has 0 bridgehead atoms. The Morgan fingerprint density at radius 1 is 1.20 bits per heavy atom. The smallest absolute Gasteiger partial charge is 0.250 e. The van der Waals surface area contributed by atoms with E-state index in [0.717, 1.165) is 31.4 Å². The first-order valence-corrected chi connectivity index (χ1v) is 7.27. The summed E-state index contributed by atoms with van der Waals surface area (Å²) in [7, 11) is 0. The largest absolute Gasteiger partial charge is 0.335 e. The molecule has 0 spiro atoms. The van der Waals surface area contributed by atoms with E-state index in [1.807, 2.05) is 35.2 Å². The summed E-state index contributed by atoms with van der Waals surface area (Å²) in [5, 5.41) is 0. The SMILES string of the molecule is CCCN(Cc1ccccc1)C(=O)C1=CC(=O)CCC1. The zero-order valence-corrected chi connectivity index (χ0v) is 12.0. The maximum Gasteiger partial charge on any atom is 0.250 e. The Hall–Kier alpha value is -1.90. The Bertz CT molecular complexity index is 505. The fourth-order valence-electron chi connectivity index (χ4n) is 2.49. The van der Waals surface area contributed by atoms with Crippen molar-refractivity contribution in [1.82, 2.24) is 4.90 Å². The Labute approximate surface area is 120 Å². The summed E-state index contributed by atoms with van der Waals surface area (Å²) < 4.78 is 0. The number of carbonyl (C=O) groups is 2. The fourth-order valence-corrected chi connectivity index (χ4v) is 2.49. The summed E-state index contributed by atoms with van der Waals surface area (Å²) >= 11 is 0. The van der Waals surface area contributed by atoms with Crippen molar-refractivity contribution in [2.75, 3.05) is 6.54 Å². The standard InChI is InChI=1S/C17H21NO2/c1-2-11-18(13-14-7-4-3-5-8-14)17(20)15-9-6-10-16(19)12-15/h3-5,7-8,12H,2,6,9-11,13H2,1H3. The molecule has 0 fully saturated rings. The summed E-state index contributed by atoms with van der Waals surface area (Å²) in [6.45, 7) is 3.39. The number of amides is 1. The second kappa shape index (κ2) is 7.04. The molecule has 3 nitrogen and oxygen atoms in total. The Kier molecular flexibility index (Phi) is 5.10. The minimum atomic E-state index is 0.0174. The van der Waals surface area contributed by atoms with Crippen LogP contribution < -0.4 is 0 Å². The summed E-state index contributed by atoms with van der Waals surface area (Å²) in [4.78, 5) is 25.9. The van der Waals surface area contributed by atoms with Gasteiger partial charge in [-0.15, -0.1) is 0 Å². The number of hydrogen-bond acceptors (Lipinski definition) is 2. The Morgan fingerprint density at radius 3 is 2.60 bits per heavy atom. The molecule has 0 aliphatic heterocycles. The monoisotopic (exact) mass is 271 g/mol. The van der Waals surface area contributed by atoms with Crippen molar-refractivity contribution in [2.24, 2.45) is 0 Å². The van der Waals surface area contributed by atoms with Crippen molar-refractivity contribution in [3.63, 3.8) is 0 Å². The van der Waals surface area contributed by atoms with E-state index in [-0.39, 0.29) is 11.7 Å². The Morgan fingerprint density at radius 2 is 1.95 bits per heavy atom. The van der Waals surface area contributed by atoms with Crippen LogP contribution in [0.2, 0.25) is 0 Å². The van der Waals surface area contributed by atoms with Gasteiger partial charge in [-0.25, -0.2) is 0 Å². The molecule has 0 unspecified atom stereocenters. The molecule has 0 atom stereocenters. The highest BCUT2D eigenvalue weighted by Crippen LogP contribution is 2.19. The normalized spacial score (nSPS) is 14.8. The molecule has 0 aromatic heterocycles. The first kappa shape index (κ1) is 14.5. The molecule has 0 saturated carbocycles. The molecule has 1 aliphatic carbocycles. The Balaban J connectivity index is 2.11. The van der Waals surface area contributed by atoms with Crippen LogP contribution in [0, 0.1) is 0 Å². The van der Waals surface area contributed by atoms with Crippen LogP contribution in [0.3, 0.4) is 0 Å². The van der Waals surface area contributed by atoms with Gasteiger partial charge in [-0.2, -0.15) is 0 Å². The number of rotatable bonds is 5. The van der Waals surface area contributed by atoms with E-state index in [1.165, 1.54) is 0 Å². The zero-order valence-electron chi connectivity index (χ0n) is 12.0. The van der Waals surface area contributed by atoms with Crippen LogP contribution in [0.15, 0.2) is 42.0 Å². The number of carbonyl (C=O) groups excluding carboxylic acids is 2. The second-order valence-corrected chi connectivity index (χ2v) is 5.20. The van der Waals surface area contributed by atoms with Gasteiger partial charge in [0.15, 0.2) is 5.78 Å². The number of hydrogen-bond donors (Lipinski definition) is 0. The topological polar surface area (TPSA) is 37.4 Å². The van der Waals surface area contributed by atoms with Gasteiger partial charge in [0, 0.05) is 25.1 Å². The van der Waals surface area contributed by atoms with Crippen LogP contribution in [0.4, 0.5) is 0 Å². The summed E-state index contributed by atoms with van der Waals surface area (Å²) in [5.74, 6) is 0.0968. The third-order valence-corrected chi connectivity index (χ3v) is 3.48. The van der Waals surface area contributed by atoms with Crippen LogP contribution in [0.1, 0.15) is 38.2 Å². The molecule has 0 saturated heterocycles. The minimum Gasteiger partial charge on any atom is -0.335 e. The third-order valence-electron chi connectivity index (χ3n) is 3.48. The van der Waals surface area contributed by atoms with Crippen LogP contribution in [0.25, 0.3) is 0 Å². The van der Waals surface area contributed by atoms with Crippen molar-refractivity contribution in [2.45, 2.75) is 39.2 Å². The number of ketones is 1. The highest BCUT2D eigenvalue weighted by molar-refractivity contribution is 6.02. The van der Waals surface area contributed by atoms with Gasteiger partial charge >= 0.3 is 0 Å².